The third-order valence-electron chi connectivity index (χ3n) is 2.33. The molecule has 3 amide bonds. The van der Waals surface area contributed by atoms with Gasteiger partial charge in [-0.05, 0) is 12.8 Å². The minimum Gasteiger partial charge on any atom is -0.480 e. The molecule has 0 heterocycles. The Balaban J connectivity index is 4.05. The summed E-state index contributed by atoms with van der Waals surface area (Å²) in [7, 11) is 0. The molecule has 0 saturated heterocycles. The van der Waals surface area contributed by atoms with E-state index < -0.39 is 31.1 Å². The Hall–Kier alpha value is -1.67. The number of carbonyl (C=O) groups is 3. The summed E-state index contributed by atoms with van der Waals surface area (Å²) in [4.78, 5) is 33.0. The van der Waals surface area contributed by atoms with Gasteiger partial charge < -0.3 is 19.9 Å². The van der Waals surface area contributed by atoms with Crippen LogP contribution in [0.5, 0.6) is 0 Å². The Morgan fingerprint density at radius 2 is 1.80 bits per heavy atom. The van der Waals surface area contributed by atoms with Gasteiger partial charge in [0.15, 0.2) is 0 Å². The molecule has 0 aromatic rings. The van der Waals surface area contributed by atoms with Crippen LogP contribution in [0.2, 0.25) is 0 Å². The molecule has 0 radical (unpaired) electrons. The summed E-state index contributed by atoms with van der Waals surface area (Å²) in [5.41, 5.74) is 0. The van der Waals surface area contributed by atoms with Crippen LogP contribution in [-0.2, 0) is 19.1 Å². The first-order valence-corrected chi connectivity index (χ1v) is 6.34. The van der Waals surface area contributed by atoms with Crippen molar-refractivity contribution >= 4 is 17.9 Å². The maximum atomic E-state index is 11.6. The number of rotatable bonds is 9. The van der Waals surface area contributed by atoms with Gasteiger partial charge in [-0.1, -0.05) is 13.8 Å². The van der Waals surface area contributed by atoms with Crippen molar-refractivity contribution in [3.05, 3.63) is 0 Å². The molecule has 1 atom stereocenters. The molecule has 0 saturated carbocycles. The molecular formula is C12H22N2O6. The lowest BCUT2D eigenvalue weighted by Gasteiger charge is -2.22. The number of imide groups is 1. The first kappa shape index (κ1) is 18.3. The molecule has 0 spiro atoms. The second-order valence-corrected chi connectivity index (χ2v) is 4.42. The summed E-state index contributed by atoms with van der Waals surface area (Å²) in [6, 6.07) is -0.880. The van der Waals surface area contributed by atoms with E-state index in [1.54, 1.807) is 0 Å². The quantitative estimate of drug-likeness (QED) is 0.549. The van der Waals surface area contributed by atoms with E-state index in [4.69, 9.17) is 9.84 Å². The van der Waals surface area contributed by atoms with E-state index in [0.29, 0.717) is 13.2 Å². The molecule has 0 fully saturated rings. The standard InChI is InChI=1S/C12H22N2O6/c1-4-19-5-9(8(2)3)13-12(18)14-10(15)6-20-7-11(16)17/h8-9H,4-7H2,1-3H3,(H,16,17)(H2,13,14,15,18). The normalized spacial score (nSPS) is 12.0. The number of hydrogen-bond acceptors (Lipinski definition) is 5. The SMILES string of the molecule is CCOCC(NC(=O)NC(=O)COCC(=O)O)C(C)C. The molecular weight excluding hydrogens is 268 g/mol. The number of carbonyl (C=O) groups excluding carboxylic acids is 2. The van der Waals surface area contributed by atoms with Crippen LogP contribution in [0.3, 0.4) is 0 Å². The topological polar surface area (TPSA) is 114 Å². The molecule has 1 unspecified atom stereocenters. The maximum absolute atomic E-state index is 11.6. The minimum atomic E-state index is -1.18. The van der Waals surface area contributed by atoms with Crippen molar-refractivity contribution in [3.63, 3.8) is 0 Å². The molecule has 20 heavy (non-hydrogen) atoms. The maximum Gasteiger partial charge on any atom is 0.329 e. The number of carboxylic acid groups (broad SMARTS) is 1. The zero-order chi connectivity index (χ0) is 15.5. The van der Waals surface area contributed by atoms with Gasteiger partial charge in [-0.15, -0.1) is 0 Å². The first-order chi connectivity index (χ1) is 9.36. The van der Waals surface area contributed by atoms with Crippen molar-refractivity contribution in [2.75, 3.05) is 26.4 Å². The van der Waals surface area contributed by atoms with E-state index >= 15 is 0 Å². The summed E-state index contributed by atoms with van der Waals surface area (Å²) < 4.78 is 9.80. The summed E-state index contributed by atoms with van der Waals surface area (Å²) in [5.74, 6) is -1.74. The average Bonchev–Trinajstić information content (AvgIpc) is 2.33. The fraction of sp³-hybridized carbons (Fsp3) is 0.750. The van der Waals surface area contributed by atoms with Crippen LogP contribution in [0.25, 0.3) is 0 Å². The van der Waals surface area contributed by atoms with Crippen molar-refractivity contribution in [2.24, 2.45) is 5.92 Å². The van der Waals surface area contributed by atoms with Gasteiger partial charge in [-0.2, -0.15) is 0 Å². The highest BCUT2D eigenvalue weighted by atomic mass is 16.5. The van der Waals surface area contributed by atoms with Gasteiger partial charge in [-0.25, -0.2) is 9.59 Å². The molecule has 0 bridgehead atoms. The zero-order valence-electron chi connectivity index (χ0n) is 12.0. The van der Waals surface area contributed by atoms with Crippen molar-refractivity contribution in [2.45, 2.75) is 26.8 Å². The Labute approximate surface area is 117 Å². The molecule has 3 N–H and O–H groups in total. The van der Waals surface area contributed by atoms with E-state index in [1.807, 2.05) is 20.8 Å². The molecule has 0 aliphatic carbocycles. The summed E-state index contributed by atoms with van der Waals surface area (Å²) in [6.45, 7) is 5.50. The van der Waals surface area contributed by atoms with Crippen molar-refractivity contribution < 1.29 is 29.0 Å². The first-order valence-electron chi connectivity index (χ1n) is 6.34. The molecule has 0 aliphatic heterocycles. The van der Waals surface area contributed by atoms with Crippen molar-refractivity contribution in [3.8, 4) is 0 Å². The predicted molar refractivity (Wildman–Crippen MR) is 70.2 cm³/mol. The molecule has 0 aromatic carbocycles. The van der Waals surface area contributed by atoms with Gasteiger partial charge in [0, 0.05) is 6.61 Å². The summed E-state index contributed by atoms with van der Waals surface area (Å²) in [6.07, 6.45) is 0. The lowest BCUT2D eigenvalue weighted by Crippen LogP contribution is -2.49. The van der Waals surface area contributed by atoms with Gasteiger partial charge in [0.05, 0.1) is 12.6 Å². The van der Waals surface area contributed by atoms with E-state index in [1.165, 1.54) is 0 Å². The van der Waals surface area contributed by atoms with Crippen LogP contribution in [0, 0.1) is 5.92 Å². The molecule has 116 valence electrons. The van der Waals surface area contributed by atoms with Crippen LogP contribution in [0.1, 0.15) is 20.8 Å². The Morgan fingerprint density at radius 1 is 1.15 bits per heavy atom. The largest absolute Gasteiger partial charge is 0.480 e. The van der Waals surface area contributed by atoms with Crippen LogP contribution >= 0.6 is 0 Å². The highest BCUT2D eigenvalue weighted by Gasteiger charge is 2.17. The van der Waals surface area contributed by atoms with E-state index in [2.05, 4.69) is 15.4 Å². The van der Waals surface area contributed by atoms with Gasteiger partial charge in [0.2, 0.25) is 0 Å². The third kappa shape index (κ3) is 9.29. The summed E-state index contributed by atoms with van der Waals surface area (Å²) >= 11 is 0. The van der Waals surface area contributed by atoms with E-state index in [0.717, 1.165) is 0 Å². The van der Waals surface area contributed by atoms with Crippen LogP contribution in [0.4, 0.5) is 4.79 Å². The van der Waals surface area contributed by atoms with Gasteiger partial charge in [0.25, 0.3) is 5.91 Å². The Kier molecular flexibility index (Phi) is 9.31. The van der Waals surface area contributed by atoms with Crippen molar-refractivity contribution in [1.82, 2.24) is 10.6 Å². The number of amides is 3. The Morgan fingerprint density at radius 3 is 2.30 bits per heavy atom. The predicted octanol–water partition coefficient (Wildman–Crippen LogP) is -0.0255. The molecule has 8 nitrogen and oxygen atoms in total. The number of carboxylic acids is 1. The number of urea groups is 1. The smallest absolute Gasteiger partial charge is 0.329 e. The van der Waals surface area contributed by atoms with Crippen LogP contribution in [0.15, 0.2) is 0 Å². The highest BCUT2D eigenvalue weighted by Crippen LogP contribution is 2.01. The highest BCUT2D eigenvalue weighted by molar-refractivity contribution is 5.95. The lowest BCUT2D eigenvalue weighted by atomic mass is 10.1. The fourth-order valence-corrected chi connectivity index (χ4v) is 1.24. The fourth-order valence-electron chi connectivity index (χ4n) is 1.24. The number of nitrogens with one attached hydrogen (secondary N) is 2. The van der Waals surface area contributed by atoms with Gasteiger partial charge in [-0.3, -0.25) is 10.1 Å². The van der Waals surface area contributed by atoms with Crippen LogP contribution in [-0.4, -0.2) is 55.5 Å². The number of aliphatic carboxylic acids is 1. The molecule has 8 heteroatoms. The number of hydrogen-bond donors (Lipinski definition) is 3. The minimum absolute atomic E-state index is 0.144. The molecule has 0 aromatic heterocycles. The molecule has 0 aliphatic rings. The second-order valence-electron chi connectivity index (χ2n) is 4.42. The molecule has 0 rings (SSSR count). The van der Waals surface area contributed by atoms with Gasteiger partial charge >= 0.3 is 12.0 Å². The Bertz CT molecular complexity index is 332. The second kappa shape index (κ2) is 10.2. The third-order valence-corrected chi connectivity index (χ3v) is 2.33. The van der Waals surface area contributed by atoms with E-state index in [-0.39, 0.29) is 12.0 Å². The van der Waals surface area contributed by atoms with E-state index in [9.17, 15) is 14.4 Å². The average molecular weight is 290 g/mol. The summed E-state index contributed by atoms with van der Waals surface area (Å²) in [5, 5.41) is 13.0. The lowest BCUT2D eigenvalue weighted by molar-refractivity contribution is -0.143. The van der Waals surface area contributed by atoms with Crippen molar-refractivity contribution in [1.29, 1.82) is 0 Å². The monoisotopic (exact) mass is 290 g/mol. The zero-order valence-corrected chi connectivity index (χ0v) is 12.0. The number of ether oxygens (including phenoxy) is 2. The van der Waals surface area contributed by atoms with Crippen LogP contribution < -0.4 is 10.6 Å². The van der Waals surface area contributed by atoms with Gasteiger partial charge in [0.1, 0.15) is 13.2 Å².